The summed E-state index contributed by atoms with van der Waals surface area (Å²) in [5, 5.41) is 7.67. The van der Waals surface area contributed by atoms with Crippen molar-refractivity contribution in [1.29, 1.82) is 5.41 Å². The van der Waals surface area contributed by atoms with Crippen LogP contribution in [0, 0.1) is 12.3 Å². The fourth-order valence-electron chi connectivity index (χ4n) is 2.49. The van der Waals surface area contributed by atoms with Crippen LogP contribution in [-0.4, -0.2) is 48.4 Å². The molecule has 0 aromatic carbocycles. The SMILES string of the molecule is CCCN1CCN(c2nc(C)ccc2C(=N)N)CC1. The van der Waals surface area contributed by atoms with E-state index >= 15 is 0 Å². The van der Waals surface area contributed by atoms with E-state index < -0.39 is 0 Å². The van der Waals surface area contributed by atoms with Gasteiger partial charge in [-0.3, -0.25) is 10.3 Å². The first-order valence-corrected chi connectivity index (χ1v) is 6.91. The number of pyridine rings is 1. The van der Waals surface area contributed by atoms with Crippen LogP contribution in [0.25, 0.3) is 0 Å². The van der Waals surface area contributed by atoms with Gasteiger partial charge in [0.25, 0.3) is 0 Å². The minimum atomic E-state index is 0.0958. The van der Waals surface area contributed by atoms with Gasteiger partial charge in [-0.05, 0) is 32.0 Å². The number of hydrogen-bond donors (Lipinski definition) is 2. The summed E-state index contributed by atoms with van der Waals surface area (Å²) >= 11 is 0. The van der Waals surface area contributed by atoms with Gasteiger partial charge in [0.2, 0.25) is 0 Å². The third kappa shape index (κ3) is 3.23. The number of nitrogens with one attached hydrogen (secondary N) is 1. The van der Waals surface area contributed by atoms with Crippen molar-refractivity contribution in [1.82, 2.24) is 9.88 Å². The zero-order valence-electron chi connectivity index (χ0n) is 11.8. The van der Waals surface area contributed by atoms with Crippen LogP contribution in [0.15, 0.2) is 12.1 Å². The van der Waals surface area contributed by atoms with Crippen molar-refractivity contribution in [3.8, 4) is 0 Å². The summed E-state index contributed by atoms with van der Waals surface area (Å²) in [6, 6.07) is 3.81. The molecular formula is C14H23N5. The Hall–Kier alpha value is -1.62. The average molecular weight is 261 g/mol. The number of piperazine rings is 1. The Bertz CT molecular complexity index is 449. The maximum atomic E-state index is 7.67. The summed E-state index contributed by atoms with van der Waals surface area (Å²) in [5.74, 6) is 0.960. The molecule has 19 heavy (non-hydrogen) atoms. The van der Waals surface area contributed by atoms with E-state index in [9.17, 15) is 0 Å². The Morgan fingerprint density at radius 3 is 2.58 bits per heavy atom. The molecule has 0 bridgehead atoms. The van der Waals surface area contributed by atoms with Gasteiger partial charge in [0.05, 0.1) is 5.56 Å². The fourth-order valence-corrected chi connectivity index (χ4v) is 2.49. The first-order chi connectivity index (χ1) is 9.11. The van der Waals surface area contributed by atoms with Crippen LogP contribution in [-0.2, 0) is 0 Å². The van der Waals surface area contributed by atoms with E-state index in [2.05, 4.69) is 21.7 Å². The second-order valence-electron chi connectivity index (χ2n) is 5.07. The van der Waals surface area contributed by atoms with Crippen LogP contribution in [0.5, 0.6) is 0 Å². The van der Waals surface area contributed by atoms with Crippen LogP contribution in [0.4, 0.5) is 5.82 Å². The van der Waals surface area contributed by atoms with Gasteiger partial charge in [-0.1, -0.05) is 6.92 Å². The summed E-state index contributed by atoms with van der Waals surface area (Å²) in [4.78, 5) is 9.29. The van der Waals surface area contributed by atoms with Crippen LogP contribution < -0.4 is 10.6 Å². The molecule has 104 valence electrons. The van der Waals surface area contributed by atoms with Gasteiger partial charge in [0, 0.05) is 31.9 Å². The maximum absolute atomic E-state index is 7.67. The normalized spacial score (nSPS) is 16.6. The van der Waals surface area contributed by atoms with Gasteiger partial charge in [0.1, 0.15) is 11.7 Å². The van der Waals surface area contributed by atoms with E-state index in [1.165, 1.54) is 6.42 Å². The van der Waals surface area contributed by atoms with Gasteiger partial charge in [-0.2, -0.15) is 0 Å². The van der Waals surface area contributed by atoms with Crippen LogP contribution in [0.1, 0.15) is 24.6 Å². The highest BCUT2D eigenvalue weighted by Crippen LogP contribution is 2.19. The number of aromatic nitrogens is 1. The van der Waals surface area contributed by atoms with Crippen molar-refractivity contribution in [2.75, 3.05) is 37.6 Å². The molecule has 1 aliphatic rings. The summed E-state index contributed by atoms with van der Waals surface area (Å²) < 4.78 is 0. The number of rotatable bonds is 4. The first kappa shape index (κ1) is 13.8. The van der Waals surface area contributed by atoms with Crippen LogP contribution in [0.3, 0.4) is 0 Å². The zero-order chi connectivity index (χ0) is 13.8. The lowest BCUT2D eigenvalue weighted by Crippen LogP contribution is -2.47. The highest BCUT2D eigenvalue weighted by molar-refractivity contribution is 5.99. The molecule has 0 radical (unpaired) electrons. The molecule has 1 aromatic rings. The molecule has 2 rings (SSSR count). The molecule has 1 fully saturated rings. The highest BCUT2D eigenvalue weighted by atomic mass is 15.3. The predicted molar refractivity (Wildman–Crippen MR) is 78.9 cm³/mol. The third-order valence-corrected chi connectivity index (χ3v) is 3.52. The number of hydrogen-bond acceptors (Lipinski definition) is 4. The van der Waals surface area contributed by atoms with E-state index in [4.69, 9.17) is 11.1 Å². The number of amidine groups is 1. The van der Waals surface area contributed by atoms with Gasteiger partial charge in [-0.15, -0.1) is 0 Å². The second-order valence-corrected chi connectivity index (χ2v) is 5.07. The van der Waals surface area contributed by atoms with Crippen LogP contribution >= 0.6 is 0 Å². The standard InChI is InChI=1S/C14H23N5/c1-3-6-18-7-9-19(10-8-18)14-12(13(15)16)5-4-11(2)17-14/h4-5H,3,6-10H2,1-2H3,(H3,15,16). The summed E-state index contributed by atoms with van der Waals surface area (Å²) in [5.41, 5.74) is 7.37. The number of nitrogen functional groups attached to an aromatic ring is 1. The van der Waals surface area contributed by atoms with Crippen molar-refractivity contribution >= 4 is 11.7 Å². The minimum absolute atomic E-state index is 0.0958. The van der Waals surface area contributed by atoms with Crippen molar-refractivity contribution in [3.05, 3.63) is 23.4 Å². The summed E-state index contributed by atoms with van der Waals surface area (Å²) in [6.45, 7) is 9.37. The summed E-state index contributed by atoms with van der Waals surface area (Å²) in [6.07, 6.45) is 1.20. The molecule has 1 aromatic heterocycles. The molecule has 1 saturated heterocycles. The van der Waals surface area contributed by atoms with Crippen LogP contribution in [0.2, 0.25) is 0 Å². The minimum Gasteiger partial charge on any atom is -0.384 e. The lowest BCUT2D eigenvalue weighted by atomic mass is 10.2. The number of anilines is 1. The van der Waals surface area contributed by atoms with Crippen molar-refractivity contribution in [2.45, 2.75) is 20.3 Å². The topological polar surface area (TPSA) is 69.2 Å². The van der Waals surface area contributed by atoms with Crippen molar-refractivity contribution < 1.29 is 0 Å². The van der Waals surface area contributed by atoms with Gasteiger partial charge in [0.15, 0.2) is 0 Å². The molecule has 0 atom stereocenters. The van der Waals surface area contributed by atoms with Gasteiger partial charge < -0.3 is 10.6 Å². The number of nitrogens with two attached hydrogens (primary N) is 1. The monoisotopic (exact) mass is 261 g/mol. The Morgan fingerprint density at radius 2 is 2.00 bits per heavy atom. The molecule has 0 saturated carbocycles. The average Bonchev–Trinajstić information content (AvgIpc) is 2.39. The second kappa shape index (κ2) is 6.02. The molecule has 1 aliphatic heterocycles. The van der Waals surface area contributed by atoms with Crippen molar-refractivity contribution in [2.24, 2.45) is 5.73 Å². The molecule has 3 N–H and O–H groups in total. The first-order valence-electron chi connectivity index (χ1n) is 6.91. The Morgan fingerprint density at radius 1 is 1.32 bits per heavy atom. The molecule has 0 amide bonds. The smallest absolute Gasteiger partial charge is 0.139 e. The molecule has 0 aliphatic carbocycles. The predicted octanol–water partition coefficient (Wildman–Crippen LogP) is 1.21. The molecule has 2 heterocycles. The van der Waals surface area contributed by atoms with E-state index in [1.54, 1.807) is 0 Å². The van der Waals surface area contributed by atoms with Gasteiger partial charge >= 0.3 is 0 Å². The zero-order valence-corrected chi connectivity index (χ0v) is 11.8. The quantitative estimate of drug-likeness (QED) is 0.631. The number of aryl methyl sites for hydroxylation is 1. The molecule has 0 spiro atoms. The number of nitrogens with zero attached hydrogens (tertiary/aromatic N) is 3. The van der Waals surface area contributed by atoms with E-state index in [0.29, 0.717) is 0 Å². The Kier molecular flexibility index (Phi) is 4.37. The molecule has 5 nitrogen and oxygen atoms in total. The fraction of sp³-hybridized carbons (Fsp3) is 0.571. The Balaban J connectivity index is 2.14. The highest BCUT2D eigenvalue weighted by Gasteiger charge is 2.20. The molecular weight excluding hydrogens is 238 g/mol. The van der Waals surface area contributed by atoms with Crippen molar-refractivity contribution in [3.63, 3.8) is 0 Å². The van der Waals surface area contributed by atoms with E-state index in [1.807, 2.05) is 19.1 Å². The van der Waals surface area contributed by atoms with E-state index in [0.717, 1.165) is 49.8 Å². The molecule has 5 heteroatoms. The summed E-state index contributed by atoms with van der Waals surface area (Å²) in [7, 11) is 0. The largest absolute Gasteiger partial charge is 0.384 e. The lowest BCUT2D eigenvalue weighted by Gasteiger charge is -2.36. The third-order valence-electron chi connectivity index (χ3n) is 3.52. The lowest BCUT2D eigenvalue weighted by molar-refractivity contribution is 0.258. The van der Waals surface area contributed by atoms with E-state index in [-0.39, 0.29) is 5.84 Å². The maximum Gasteiger partial charge on any atom is 0.139 e. The molecule has 0 unspecified atom stereocenters. The Labute approximate surface area is 114 Å². The van der Waals surface area contributed by atoms with Gasteiger partial charge in [-0.25, -0.2) is 4.98 Å².